The second-order valence-corrected chi connectivity index (χ2v) is 5.87. The zero-order valence-electron chi connectivity index (χ0n) is 16.2. The van der Waals surface area contributed by atoms with E-state index in [-0.39, 0.29) is 5.57 Å². The lowest BCUT2D eigenvalue weighted by Crippen LogP contribution is -2.14. The van der Waals surface area contributed by atoms with Gasteiger partial charge in [-0.2, -0.15) is 5.26 Å². The first-order valence-corrected chi connectivity index (χ1v) is 9.14. The molecule has 0 aromatic heterocycles. The molecule has 0 heterocycles. The van der Waals surface area contributed by atoms with Crippen LogP contribution in [0.25, 0.3) is 6.08 Å². The molecule has 28 heavy (non-hydrogen) atoms. The molecule has 0 spiro atoms. The van der Waals surface area contributed by atoms with Crippen LogP contribution in [0, 0.1) is 11.3 Å². The summed E-state index contributed by atoms with van der Waals surface area (Å²) in [5.74, 6) is 0.680. The normalized spacial score (nSPS) is 10.7. The van der Waals surface area contributed by atoms with E-state index in [1.54, 1.807) is 24.3 Å². The molecule has 0 aliphatic heterocycles. The van der Waals surface area contributed by atoms with Crippen molar-refractivity contribution in [2.45, 2.75) is 20.3 Å². The predicted molar refractivity (Wildman–Crippen MR) is 111 cm³/mol. The number of amides is 1. The van der Waals surface area contributed by atoms with Crippen LogP contribution >= 0.6 is 0 Å². The van der Waals surface area contributed by atoms with Gasteiger partial charge in [0.25, 0.3) is 5.91 Å². The van der Waals surface area contributed by atoms with E-state index in [0.29, 0.717) is 36.0 Å². The minimum absolute atomic E-state index is 0.00751. The maximum absolute atomic E-state index is 12.6. The molecule has 2 aromatic carbocycles. The van der Waals surface area contributed by atoms with Crippen molar-refractivity contribution in [2.24, 2.45) is 0 Å². The fraction of sp³-hybridized carbons (Fsp3) is 0.217. The molecule has 144 valence electrons. The van der Waals surface area contributed by atoms with Crippen LogP contribution in [0.1, 0.15) is 25.0 Å². The van der Waals surface area contributed by atoms with Crippen LogP contribution < -0.4 is 14.8 Å². The van der Waals surface area contributed by atoms with Gasteiger partial charge in [-0.25, -0.2) is 0 Å². The highest BCUT2D eigenvalue weighted by Crippen LogP contribution is 2.29. The predicted octanol–water partition coefficient (Wildman–Crippen LogP) is 4.76. The number of benzene rings is 2. The fourth-order valence-electron chi connectivity index (χ4n) is 2.61. The largest absolute Gasteiger partial charge is 0.490 e. The molecule has 5 heteroatoms. The highest BCUT2D eigenvalue weighted by atomic mass is 16.5. The second-order valence-electron chi connectivity index (χ2n) is 5.87. The number of rotatable bonds is 9. The summed E-state index contributed by atoms with van der Waals surface area (Å²) < 4.78 is 11.2. The van der Waals surface area contributed by atoms with Gasteiger partial charge in [0.15, 0.2) is 11.5 Å². The SMILES string of the molecule is C=CCOc1ccc(/C=C(\C#N)C(=O)Nc2ccccc2CC)cc1OCC. The number of nitrogens with zero attached hydrogens (tertiary/aromatic N) is 1. The monoisotopic (exact) mass is 376 g/mol. The molecule has 0 aliphatic rings. The quantitative estimate of drug-likeness (QED) is 0.389. The van der Waals surface area contributed by atoms with E-state index in [4.69, 9.17) is 9.47 Å². The van der Waals surface area contributed by atoms with Crippen molar-refractivity contribution in [3.63, 3.8) is 0 Å². The zero-order chi connectivity index (χ0) is 20.4. The van der Waals surface area contributed by atoms with Crippen LogP contribution in [0.15, 0.2) is 60.7 Å². The van der Waals surface area contributed by atoms with E-state index in [1.807, 2.05) is 44.2 Å². The average Bonchev–Trinajstić information content (AvgIpc) is 2.72. The second kappa shape index (κ2) is 10.6. The van der Waals surface area contributed by atoms with Gasteiger partial charge >= 0.3 is 0 Å². The Morgan fingerprint density at radius 1 is 1.18 bits per heavy atom. The molecule has 0 bridgehead atoms. The van der Waals surface area contributed by atoms with E-state index < -0.39 is 5.91 Å². The Bertz CT molecular complexity index is 910. The number of carbonyl (C=O) groups is 1. The molecule has 2 rings (SSSR count). The van der Waals surface area contributed by atoms with Crippen molar-refractivity contribution < 1.29 is 14.3 Å². The summed E-state index contributed by atoms with van der Waals surface area (Å²) in [5, 5.41) is 12.3. The van der Waals surface area contributed by atoms with E-state index in [1.165, 1.54) is 6.08 Å². The Morgan fingerprint density at radius 2 is 1.96 bits per heavy atom. The van der Waals surface area contributed by atoms with Crippen molar-refractivity contribution >= 4 is 17.7 Å². The average molecular weight is 376 g/mol. The lowest BCUT2D eigenvalue weighted by atomic mass is 10.1. The van der Waals surface area contributed by atoms with Crippen LogP contribution in [0.3, 0.4) is 0 Å². The lowest BCUT2D eigenvalue weighted by molar-refractivity contribution is -0.112. The van der Waals surface area contributed by atoms with Crippen molar-refractivity contribution in [1.82, 2.24) is 0 Å². The first-order chi connectivity index (χ1) is 13.6. The summed E-state index contributed by atoms with van der Waals surface area (Å²) in [5.41, 5.74) is 2.40. The molecule has 0 aliphatic carbocycles. The highest BCUT2D eigenvalue weighted by Gasteiger charge is 2.12. The standard InChI is InChI=1S/C23H24N2O3/c1-4-13-28-21-12-11-17(15-22(21)27-6-3)14-19(16-24)23(26)25-20-10-8-7-9-18(20)5-2/h4,7-12,14-15H,1,5-6,13H2,2-3H3,(H,25,26)/b19-14+. The van der Waals surface area contributed by atoms with Crippen LogP contribution in [0.5, 0.6) is 11.5 Å². The first kappa shape index (κ1) is 20.8. The number of ether oxygens (including phenoxy) is 2. The molecule has 0 fully saturated rings. The summed E-state index contributed by atoms with van der Waals surface area (Å²) in [7, 11) is 0. The van der Waals surface area contributed by atoms with E-state index >= 15 is 0 Å². The summed E-state index contributed by atoms with van der Waals surface area (Å²) in [6, 6.07) is 14.8. The van der Waals surface area contributed by atoms with Gasteiger partial charge in [0, 0.05) is 5.69 Å². The number of nitrogens with one attached hydrogen (secondary N) is 1. The number of hydrogen-bond donors (Lipinski definition) is 1. The summed E-state index contributed by atoms with van der Waals surface area (Å²) in [6.45, 7) is 8.34. The van der Waals surface area contributed by atoms with Gasteiger partial charge in [0.1, 0.15) is 18.2 Å². The Kier molecular flexibility index (Phi) is 7.86. The maximum Gasteiger partial charge on any atom is 0.266 e. The molecule has 1 amide bonds. The van der Waals surface area contributed by atoms with Crippen molar-refractivity contribution in [3.8, 4) is 17.6 Å². The Hall–Kier alpha value is -3.52. The van der Waals surface area contributed by atoms with Crippen LogP contribution in [-0.4, -0.2) is 19.1 Å². The van der Waals surface area contributed by atoms with Gasteiger partial charge in [0.05, 0.1) is 6.61 Å². The van der Waals surface area contributed by atoms with Crippen LogP contribution in [0.2, 0.25) is 0 Å². The Labute approximate surface area is 165 Å². The lowest BCUT2D eigenvalue weighted by Gasteiger charge is -2.12. The first-order valence-electron chi connectivity index (χ1n) is 9.14. The minimum Gasteiger partial charge on any atom is -0.490 e. The maximum atomic E-state index is 12.6. The summed E-state index contributed by atoms with van der Waals surface area (Å²) >= 11 is 0. The molecule has 0 saturated heterocycles. The zero-order valence-corrected chi connectivity index (χ0v) is 16.2. The number of aryl methyl sites for hydroxylation is 1. The number of nitriles is 1. The van der Waals surface area contributed by atoms with Gasteiger partial charge in [-0.3, -0.25) is 4.79 Å². The Morgan fingerprint density at radius 3 is 2.64 bits per heavy atom. The van der Waals surface area contributed by atoms with Crippen LogP contribution in [0.4, 0.5) is 5.69 Å². The van der Waals surface area contributed by atoms with E-state index in [9.17, 15) is 10.1 Å². The number of hydrogen-bond acceptors (Lipinski definition) is 4. The molecule has 0 unspecified atom stereocenters. The van der Waals surface area contributed by atoms with Crippen LogP contribution in [-0.2, 0) is 11.2 Å². The summed E-state index contributed by atoms with van der Waals surface area (Å²) in [4.78, 5) is 12.6. The number of carbonyl (C=O) groups excluding carboxylic acids is 1. The van der Waals surface area contributed by atoms with Gasteiger partial charge in [-0.05, 0) is 48.7 Å². The molecule has 0 atom stereocenters. The molecule has 1 N–H and O–H groups in total. The van der Waals surface area contributed by atoms with Gasteiger partial charge in [-0.15, -0.1) is 0 Å². The minimum atomic E-state index is -0.451. The summed E-state index contributed by atoms with van der Waals surface area (Å²) in [6.07, 6.45) is 3.96. The fourth-order valence-corrected chi connectivity index (χ4v) is 2.61. The van der Waals surface area contributed by atoms with Crippen molar-refractivity contribution in [3.05, 3.63) is 71.8 Å². The van der Waals surface area contributed by atoms with Crippen molar-refractivity contribution in [1.29, 1.82) is 5.26 Å². The number of para-hydroxylation sites is 1. The van der Waals surface area contributed by atoms with Gasteiger partial charge in [0.2, 0.25) is 0 Å². The van der Waals surface area contributed by atoms with Gasteiger partial charge < -0.3 is 14.8 Å². The molecule has 0 radical (unpaired) electrons. The van der Waals surface area contributed by atoms with Gasteiger partial charge in [-0.1, -0.05) is 43.8 Å². The third-order valence-corrected chi connectivity index (χ3v) is 3.95. The molecular weight excluding hydrogens is 352 g/mol. The third kappa shape index (κ3) is 5.49. The topological polar surface area (TPSA) is 71.3 Å². The van der Waals surface area contributed by atoms with E-state index in [2.05, 4.69) is 11.9 Å². The highest BCUT2D eigenvalue weighted by molar-refractivity contribution is 6.10. The number of anilines is 1. The molecular formula is C23H24N2O3. The smallest absolute Gasteiger partial charge is 0.266 e. The Balaban J connectivity index is 2.27. The van der Waals surface area contributed by atoms with E-state index in [0.717, 1.165) is 12.0 Å². The molecule has 5 nitrogen and oxygen atoms in total. The third-order valence-electron chi connectivity index (χ3n) is 3.95. The van der Waals surface area contributed by atoms with Crippen molar-refractivity contribution in [2.75, 3.05) is 18.5 Å². The molecule has 0 saturated carbocycles. The molecule has 2 aromatic rings.